The van der Waals surface area contributed by atoms with Crippen molar-refractivity contribution in [2.45, 2.75) is 26.8 Å². The lowest BCUT2D eigenvalue weighted by Gasteiger charge is -2.23. The van der Waals surface area contributed by atoms with Crippen LogP contribution in [0.3, 0.4) is 0 Å². The van der Waals surface area contributed by atoms with Crippen LogP contribution in [0.4, 0.5) is 0 Å². The maximum atomic E-state index is 13.1. The summed E-state index contributed by atoms with van der Waals surface area (Å²) >= 11 is 1.34. The first kappa shape index (κ1) is 19.9. The monoisotopic (exact) mass is 376 g/mol. The van der Waals surface area contributed by atoms with Gasteiger partial charge in [-0.2, -0.15) is 0 Å². The number of methoxy groups -OCH3 is 2. The summed E-state index contributed by atoms with van der Waals surface area (Å²) in [4.78, 5) is 30.7. The van der Waals surface area contributed by atoms with Gasteiger partial charge in [-0.1, -0.05) is 26.0 Å². The molecule has 26 heavy (non-hydrogen) atoms. The molecule has 1 amide bonds. The lowest BCUT2D eigenvalue weighted by molar-refractivity contribution is 0.0594. The molecule has 0 unspecified atom stereocenters. The molecule has 2 aromatic rings. The number of esters is 1. The standard InChI is InChI=1S/C19H24N2O4S/c1-13(2)9-10-21(11-17-20-15(12-26-17)19(23)25-4)18(22)14-7-5-6-8-16(14)24-3/h5-8,12-13H,9-11H2,1-4H3. The fourth-order valence-electron chi connectivity index (χ4n) is 2.40. The highest BCUT2D eigenvalue weighted by Crippen LogP contribution is 2.22. The van der Waals surface area contributed by atoms with E-state index in [0.717, 1.165) is 6.42 Å². The van der Waals surface area contributed by atoms with Crippen molar-refractivity contribution in [3.8, 4) is 5.75 Å². The zero-order chi connectivity index (χ0) is 19.1. The average molecular weight is 376 g/mol. The summed E-state index contributed by atoms with van der Waals surface area (Å²) in [7, 11) is 2.87. The van der Waals surface area contributed by atoms with Gasteiger partial charge in [-0.25, -0.2) is 9.78 Å². The fourth-order valence-corrected chi connectivity index (χ4v) is 3.18. The molecule has 0 saturated heterocycles. The Morgan fingerprint density at radius 2 is 1.96 bits per heavy atom. The van der Waals surface area contributed by atoms with Crippen molar-refractivity contribution in [1.82, 2.24) is 9.88 Å². The number of hydrogen-bond acceptors (Lipinski definition) is 6. The fraction of sp³-hybridized carbons (Fsp3) is 0.421. The van der Waals surface area contributed by atoms with E-state index in [9.17, 15) is 9.59 Å². The predicted octanol–water partition coefficient (Wildman–Crippen LogP) is 3.63. The van der Waals surface area contributed by atoms with E-state index in [1.54, 1.807) is 29.5 Å². The van der Waals surface area contributed by atoms with Crippen LogP contribution in [-0.4, -0.2) is 42.5 Å². The molecule has 0 atom stereocenters. The number of amides is 1. The van der Waals surface area contributed by atoms with Crippen LogP contribution < -0.4 is 4.74 Å². The third-order valence-electron chi connectivity index (χ3n) is 3.87. The Kier molecular flexibility index (Phi) is 7.15. The van der Waals surface area contributed by atoms with Crippen LogP contribution in [0, 0.1) is 5.92 Å². The van der Waals surface area contributed by atoms with Gasteiger partial charge < -0.3 is 14.4 Å². The Balaban J connectivity index is 2.23. The second-order valence-corrected chi connectivity index (χ2v) is 7.17. The number of carbonyl (C=O) groups excluding carboxylic acids is 2. The summed E-state index contributed by atoms with van der Waals surface area (Å²) in [5, 5.41) is 2.34. The van der Waals surface area contributed by atoms with E-state index in [1.807, 2.05) is 12.1 Å². The van der Waals surface area contributed by atoms with Crippen molar-refractivity contribution in [2.75, 3.05) is 20.8 Å². The van der Waals surface area contributed by atoms with Gasteiger partial charge in [0.05, 0.1) is 26.3 Å². The number of benzene rings is 1. The second kappa shape index (κ2) is 9.33. The molecule has 2 rings (SSSR count). The van der Waals surface area contributed by atoms with Gasteiger partial charge in [0.2, 0.25) is 0 Å². The second-order valence-electron chi connectivity index (χ2n) is 6.23. The molecule has 0 fully saturated rings. The summed E-state index contributed by atoms with van der Waals surface area (Å²) in [6.07, 6.45) is 0.871. The van der Waals surface area contributed by atoms with E-state index in [2.05, 4.69) is 23.6 Å². The van der Waals surface area contributed by atoms with E-state index < -0.39 is 5.97 Å². The van der Waals surface area contributed by atoms with Gasteiger partial charge in [-0.15, -0.1) is 11.3 Å². The molecule has 0 bridgehead atoms. The molecule has 7 heteroatoms. The Labute approximate surface area is 157 Å². The first-order valence-electron chi connectivity index (χ1n) is 8.41. The number of nitrogens with zero attached hydrogens (tertiary/aromatic N) is 2. The lowest BCUT2D eigenvalue weighted by atomic mass is 10.1. The van der Waals surface area contributed by atoms with Gasteiger partial charge in [0.1, 0.15) is 10.8 Å². The van der Waals surface area contributed by atoms with Crippen LogP contribution in [0.2, 0.25) is 0 Å². The van der Waals surface area contributed by atoms with Crippen molar-refractivity contribution < 1.29 is 19.1 Å². The van der Waals surface area contributed by atoms with Gasteiger partial charge in [0.15, 0.2) is 5.69 Å². The molecule has 0 aliphatic heterocycles. The molecule has 140 valence electrons. The van der Waals surface area contributed by atoms with Crippen molar-refractivity contribution in [3.63, 3.8) is 0 Å². The van der Waals surface area contributed by atoms with Gasteiger partial charge in [0, 0.05) is 11.9 Å². The molecular formula is C19H24N2O4S. The third kappa shape index (κ3) is 5.05. The normalized spacial score (nSPS) is 10.7. The van der Waals surface area contributed by atoms with Crippen LogP contribution in [0.1, 0.15) is 46.1 Å². The molecule has 0 aliphatic rings. The summed E-state index contributed by atoms with van der Waals surface area (Å²) in [5.74, 6) is 0.418. The summed E-state index contributed by atoms with van der Waals surface area (Å²) in [6.45, 7) is 5.17. The molecule has 0 aliphatic carbocycles. The molecule has 0 radical (unpaired) electrons. The lowest BCUT2D eigenvalue weighted by Crippen LogP contribution is -2.32. The molecule has 6 nitrogen and oxygen atoms in total. The number of ether oxygens (including phenoxy) is 2. The average Bonchev–Trinajstić information content (AvgIpc) is 3.12. The van der Waals surface area contributed by atoms with Crippen LogP contribution in [0.15, 0.2) is 29.6 Å². The van der Waals surface area contributed by atoms with E-state index in [1.165, 1.54) is 18.4 Å². The number of hydrogen-bond donors (Lipinski definition) is 0. The van der Waals surface area contributed by atoms with Gasteiger partial charge in [0.25, 0.3) is 5.91 Å². The van der Waals surface area contributed by atoms with Crippen molar-refractivity contribution >= 4 is 23.2 Å². The third-order valence-corrected chi connectivity index (χ3v) is 4.71. The molecule has 0 saturated carbocycles. The van der Waals surface area contributed by atoms with Crippen molar-refractivity contribution in [1.29, 1.82) is 0 Å². The largest absolute Gasteiger partial charge is 0.496 e. The topological polar surface area (TPSA) is 68.7 Å². The van der Waals surface area contributed by atoms with E-state index in [0.29, 0.717) is 35.3 Å². The molecular weight excluding hydrogens is 352 g/mol. The summed E-state index contributed by atoms with van der Waals surface area (Å²) in [5.41, 5.74) is 0.782. The molecule has 0 N–H and O–H groups in total. The number of aromatic nitrogens is 1. The molecule has 1 heterocycles. The molecule has 1 aromatic heterocycles. The number of thiazole rings is 1. The Hall–Kier alpha value is -2.41. The van der Waals surface area contributed by atoms with Crippen molar-refractivity contribution in [3.05, 3.63) is 45.9 Å². The van der Waals surface area contributed by atoms with Crippen LogP contribution in [0.25, 0.3) is 0 Å². The quantitative estimate of drug-likeness (QED) is 0.658. The van der Waals surface area contributed by atoms with Gasteiger partial charge >= 0.3 is 5.97 Å². The highest BCUT2D eigenvalue weighted by Gasteiger charge is 2.21. The van der Waals surface area contributed by atoms with Crippen LogP contribution >= 0.6 is 11.3 Å². The number of carbonyl (C=O) groups is 2. The maximum Gasteiger partial charge on any atom is 0.357 e. The Morgan fingerprint density at radius 1 is 1.23 bits per heavy atom. The number of para-hydroxylation sites is 1. The minimum absolute atomic E-state index is 0.113. The minimum Gasteiger partial charge on any atom is -0.496 e. The highest BCUT2D eigenvalue weighted by atomic mass is 32.1. The smallest absolute Gasteiger partial charge is 0.357 e. The highest BCUT2D eigenvalue weighted by molar-refractivity contribution is 7.09. The number of rotatable bonds is 8. The zero-order valence-corrected chi connectivity index (χ0v) is 16.3. The van der Waals surface area contributed by atoms with Crippen LogP contribution in [-0.2, 0) is 11.3 Å². The summed E-state index contributed by atoms with van der Waals surface area (Å²) < 4.78 is 10.0. The van der Waals surface area contributed by atoms with Crippen LogP contribution in [0.5, 0.6) is 5.75 Å². The SMILES string of the molecule is COC(=O)c1csc(CN(CCC(C)C)C(=O)c2ccccc2OC)n1. The Bertz CT molecular complexity index is 758. The Morgan fingerprint density at radius 3 is 2.62 bits per heavy atom. The maximum absolute atomic E-state index is 13.1. The van der Waals surface area contributed by atoms with Crippen molar-refractivity contribution in [2.24, 2.45) is 5.92 Å². The van der Waals surface area contributed by atoms with E-state index >= 15 is 0 Å². The summed E-state index contributed by atoms with van der Waals surface area (Å²) in [6, 6.07) is 7.17. The molecule has 1 aromatic carbocycles. The molecule has 0 spiro atoms. The first-order valence-corrected chi connectivity index (χ1v) is 9.29. The van der Waals surface area contributed by atoms with E-state index in [-0.39, 0.29) is 11.6 Å². The van der Waals surface area contributed by atoms with E-state index in [4.69, 9.17) is 4.74 Å². The zero-order valence-electron chi connectivity index (χ0n) is 15.5. The van der Waals surface area contributed by atoms with Gasteiger partial charge in [-0.3, -0.25) is 4.79 Å². The van der Waals surface area contributed by atoms with Gasteiger partial charge in [-0.05, 0) is 24.5 Å². The minimum atomic E-state index is -0.475. The predicted molar refractivity (Wildman–Crippen MR) is 101 cm³/mol. The first-order chi connectivity index (χ1) is 12.5.